The molecule has 6 heteroatoms. The summed E-state index contributed by atoms with van der Waals surface area (Å²) < 4.78 is 5.34. The molecule has 1 N–H and O–H groups in total. The number of nitrogens with zero attached hydrogens (tertiary/aromatic N) is 2. The number of benzene rings is 2. The van der Waals surface area contributed by atoms with Gasteiger partial charge in [-0.25, -0.2) is 0 Å². The minimum Gasteiger partial charge on any atom is -0.355 e. The van der Waals surface area contributed by atoms with Crippen molar-refractivity contribution >= 4 is 17.5 Å². The van der Waals surface area contributed by atoms with E-state index in [0.29, 0.717) is 17.3 Å². The summed E-state index contributed by atoms with van der Waals surface area (Å²) in [6.07, 6.45) is 2.40. The van der Waals surface area contributed by atoms with Gasteiger partial charge in [-0.1, -0.05) is 47.1 Å². The first kappa shape index (κ1) is 18.7. The Kier molecular flexibility index (Phi) is 5.74. The molecule has 2 heterocycles. The zero-order valence-electron chi connectivity index (χ0n) is 15.5. The monoisotopic (exact) mass is 395 g/mol. The van der Waals surface area contributed by atoms with Gasteiger partial charge in [-0.2, -0.15) is 0 Å². The summed E-state index contributed by atoms with van der Waals surface area (Å²) in [6.45, 7) is 2.65. The maximum absolute atomic E-state index is 12.6. The molecule has 4 rings (SSSR count). The van der Waals surface area contributed by atoms with Gasteiger partial charge in [0, 0.05) is 23.2 Å². The van der Waals surface area contributed by atoms with Crippen molar-refractivity contribution in [3.05, 3.63) is 76.9 Å². The fraction of sp³-hybridized carbons (Fsp3) is 0.273. The number of nitrogens with one attached hydrogen (secondary N) is 1. The van der Waals surface area contributed by atoms with Gasteiger partial charge in [-0.3, -0.25) is 9.69 Å². The molecular weight excluding hydrogens is 374 g/mol. The molecule has 0 aliphatic carbocycles. The van der Waals surface area contributed by atoms with Crippen molar-refractivity contribution in [2.45, 2.75) is 18.9 Å². The topological polar surface area (TPSA) is 58.4 Å². The first-order valence-corrected chi connectivity index (χ1v) is 9.88. The van der Waals surface area contributed by atoms with Crippen LogP contribution in [0.25, 0.3) is 11.3 Å². The van der Waals surface area contributed by atoms with Gasteiger partial charge in [0.15, 0.2) is 11.5 Å². The Hall–Kier alpha value is -2.63. The highest BCUT2D eigenvalue weighted by atomic mass is 35.5. The average molecular weight is 396 g/mol. The summed E-state index contributed by atoms with van der Waals surface area (Å²) in [4.78, 5) is 15.0. The van der Waals surface area contributed by atoms with Gasteiger partial charge in [-0.05, 0) is 55.8 Å². The van der Waals surface area contributed by atoms with Gasteiger partial charge in [0.25, 0.3) is 5.91 Å². The van der Waals surface area contributed by atoms with Crippen molar-refractivity contribution < 1.29 is 9.32 Å². The average Bonchev–Trinajstić information content (AvgIpc) is 3.42. The smallest absolute Gasteiger partial charge is 0.273 e. The number of likely N-dealkylation sites (tertiary alicyclic amines) is 1. The van der Waals surface area contributed by atoms with E-state index >= 15 is 0 Å². The van der Waals surface area contributed by atoms with Crippen molar-refractivity contribution in [3.63, 3.8) is 0 Å². The van der Waals surface area contributed by atoms with E-state index in [-0.39, 0.29) is 17.6 Å². The summed E-state index contributed by atoms with van der Waals surface area (Å²) in [5, 5.41) is 7.60. The number of rotatable bonds is 6. The third kappa shape index (κ3) is 4.26. The molecule has 3 aromatic rings. The van der Waals surface area contributed by atoms with Crippen molar-refractivity contribution in [1.29, 1.82) is 0 Å². The second-order valence-electron chi connectivity index (χ2n) is 6.96. The minimum atomic E-state index is -0.232. The maximum Gasteiger partial charge on any atom is 0.273 e. The molecule has 0 spiro atoms. The van der Waals surface area contributed by atoms with E-state index in [0.717, 1.165) is 18.7 Å². The first-order valence-electron chi connectivity index (χ1n) is 9.50. The maximum atomic E-state index is 12.6. The van der Waals surface area contributed by atoms with Crippen molar-refractivity contribution in [2.24, 2.45) is 0 Å². The molecule has 1 saturated heterocycles. The van der Waals surface area contributed by atoms with Crippen molar-refractivity contribution in [3.8, 4) is 11.3 Å². The van der Waals surface area contributed by atoms with Crippen LogP contribution in [-0.4, -0.2) is 35.6 Å². The van der Waals surface area contributed by atoms with Gasteiger partial charge < -0.3 is 9.84 Å². The number of carbonyl (C=O) groups is 1. The van der Waals surface area contributed by atoms with Crippen LogP contribution >= 0.6 is 11.6 Å². The Labute approximate surface area is 169 Å². The highest BCUT2D eigenvalue weighted by Gasteiger charge is 2.24. The number of hydrogen-bond donors (Lipinski definition) is 1. The van der Waals surface area contributed by atoms with Crippen LogP contribution < -0.4 is 5.32 Å². The Morgan fingerprint density at radius 3 is 2.54 bits per heavy atom. The Morgan fingerprint density at radius 1 is 1.11 bits per heavy atom. The molecule has 2 aromatic carbocycles. The Balaban J connectivity index is 1.44. The molecular formula is C22H22ClN3O2. The Morgan fingerprint density at radius 2 is 1.82 bits per heavy atom. The number of amides is 1. The van der Waals surface area contributed by atoms with Crippen LogP contribution in [-0.2, 0) is 0 Å². The van der Waals surface area contributed by atoms with E-state index < -0.39 is 0 Å². The second-order valence-corrected chi connectivity index (χ2v) is 7.40. The Bertz CT molecular complexity index is 918. The summed E-state index contributed by atoms with van der Waals surface area (Å²) in [7, 11) is 0. The van der Waals surface area contributed by atoms with E-state index in [2.05, 4.69) is 27.5 Å². The molecule has 1 amide bonds. The number of carbonyl (C=O) groups excluding carboxylic acids is 1. The molecule has 1 unspecified atom stereocenters. The minimum absolute atomic E-state index is 0.162. The van der Waals surface area contributed by atoms with Crippen LogP contribution in [0.2, 0.25) is 5.02 Å². The lowest BCUT2D eigenvalue weighted by Gasteiger charge is -2.28. The molecule has 1 aliphatic heterocycles. The number of aromatic nitrogens is 1. The lowest BCUT2D eigenvalue weighted by molar-refractivity contribution is 0.0929. The van der Waals surface area contributed by atoms with E-state index in [1.807, 2.05) is 30.3 Å². The molecule has 28 heavy (non-hydrogen) atoms. The molecule has 1 fully saturated rings. The molecule has 0 bridgehead atoms. The quantitative estimate of drug-likeness (QED) is 0.664. The second kappa shape index (κ2) is 8.59. The molecule has 0 saturated carbocycles. The van der Waals surface area contributed by atoms with Crippen LogP contribution in [0, 0.1) is 0 Å². The van der Waals surface area contributed by atoms with E-state index in [1.165, 1.54) is 18.4 Å². The fourth-order valence-electron chi connectivity index (χ4n) is 3.60. The third-order valence-electron chi connectivity index (χ3n) is 5.09. The van der Waals surface area contributed by atoms with Gasteiger partial charge in [0.2, 0.25) is 0 Å². The largest absolute Gasteiger partial charge is 0.355 e. The van der Waals surface area contributed by atoms with Gasteiger partial charge in [0.05, 0.1) is 6.04 Å². The normalized spacial score (nSPS) is 15.5. The summed E-state index contributed by atoms with van der Waals surface area (Å²) in [5.74, 6) is 0.310. The van der Waals surface area contributed by atoms with Crippen molar-refractivity contribution in [2.75, 3.05) is 19.6 Å². The van der Waals surface area contributed by atoms with E-state index in [9.17, 15) is 4.79 Å². The van der Waals surface area contributed by atoms with Crippen LogP contribution in [0.4, 0.5) is 0 Å². The SMILES string of the molecule is O=C(NCC(c1ccccc1)N1CCCC1)c1cc(-c2ccc(Cl)cc2)on1. The standard InChI is InChI=1S/C22H22ClN3O2/c23-18-10-8-17(9-11-18)21-14-19(25-28-21)22(27)24-15-20(26-12-4-5-13-26)16-6-2-1-3-7-16/h1-3,6-11,14,20H,4-5,12-13,15H2,(H,24,27). The zero-order valence-corrected chi connectivity index (χ0v) is 16.2. The lowest BCUT2D eigenvalue weighted by atomic mass is 10.1. The predicted molar refractivity (Wildman–Crippen MR) is 109 cm³/mol. The summed E-state index contributed by atoms with van der Waals surface area (Å²) in [5.41, 5.74) is 2.32. The summed E-state index contributed by atoms with van der Waals surface area (Å²) >= 11 is 5.92. The van der Waals surface area contributed by atoms with Crippen LogP contribution in [0.5, 0.6) is 0 Å². The van der Waals surface area contributed by atoms with Crippen molar-refractivity contribution in [1.82, 2.24) is 15.4 Å². The molecule has 5 nitrogen and oxygen atoms in total. The highest BCUT2D eigenvalue weighted by Crippen LogP contribution is 2.25. The number of halogens is 1. The molecule has 0 radical (unpaired) electrons. The lowest BCUT2D eigenvalue weighted by Crippen LogP contribution is -2.36. The summed E-state index contributed by atoms with van der Waals surface area (Å²) in [6, 6.07) is 19.4. The number of hydrogen-bond acceptors (Lipinski definition) is 4. The first-order chi connectivity index (χ1) is 13.7. The van der Waals surface area contributed by atoms with E-state index in [4.69, 9.17) is 16.1 Å². The van der Waals surface area contributed by atoms with Crippen LogP contribution in [0.15, 0.2) is 65.2 Å². The molecule has 144 valence electrons. The van der Waals surface area contributed by atoms with Gasteiger partial charge in [-0.15, -0.1) is 0 Å². The third-order valence-corrected chi connectivity index (χ3v) is 5.35. The fourth-order valence-corrected chi connectivity index (χ4v) is 3.72. The van der Waals surface area contributed by atoms with Crippen LogP contribution in [0.1, 0.15) is 34.9 Å². The van der Waals surface area contributed by atoms with Gasteiger partial charge in [0.1, 0.15) is 0 Å². The highest BCUT2D eigenvalue weighted by molar-refractivity contribution is 6.30. The van der Waals surface area contributed by atoms with Gasteiger partial charge >= 0.3 is 0 Å². The van der Waals surface area contributed by atoms with E-state index in [1.54, 1.807) is 18.2 Å². The molecule has 1 aromatic heterocycles. The molecule has 1 atom stereocenters. The van der Waals surface area contributed by atoms with Crippen LogP contribution in [0.3, 0.4) is 0 Å². The molecule has 1 aliphatic rings. The zero-order chi connectivity index (χ0) is 19.3. The predicted octanol–water partition coefficient (Wildman–Crippen LogP) is 4.56.